The number of carbonyl (C=O) groups is 1. The zero-order valence-electron chi connectivity index (χ0n) is 12.5. The summed E-state index contributed by atoms with van der Waals surface area (Å²) in [5.41, 5.74) is 1.03. The van der Waals surface area contributed by atoms with Crippen molar-refractivity contribution in [1.82, 2.24) is 0 Å². The van der Waals surface area contributed by atoms with Crippen molar-refractivity contribution >= 4 is 15.6 Å². The number of rotatable bonds is 8. The quantitative estimate of drug-likeness (QED) is 0.740. The number of hydrogen-bond acceptors (Lipinski definition) is 3. The molecule has 0 spiro atoms. The molecule has 1 aromatic carbocycles. The molecule has 3 nitrogen and oxygen atoms in total. The summed E-state index contributed by atoms with van der Waals surface area (Å²) in [6, 6.07) is 9.77. The van der Waals surface area contributed by atoms with Crippen molar-refractivity contribution in [2.45, 2.75) is 39.0 Å². The number of Topliss-reactive ketones (excluding diaryl/α,β-unsaturated/α-hetero) is 1. The Balaban J connectivity index is 2.77. The van der Waals surface area contributed by atoms with Gasteiger partial charge in [0.2, 0.25) is 0 Å². The third-order valence-electron chi connectivity index (χ3n) is 3.66. The number of benzene rings is 1. The SMILES string of the molecule is CCC(C)C(C(=O)CCCS(C)(=O)=O)c1ccccc1. The molecule has 1 rings (SSSR count). The molecule has 0 aliphatic rings. The Labute approximate surface area is 122 Å². The van der Waals surface area contributed by atoms with Crippen molar-refractivity contribution in [3.8, 4) is 0 Å². The molecule has 1 aromatic rings. The molecule has 0 aliphatic carbocycles. The van der Waals surface area contributed by atoms with Gasteiger partial charge >= 0.3 is 0 Å². The summed E-state index contributed by atoms with van der Waals surface area (Å²) in [5, 5.41) is 0. The Bertz CT molecular complexity index is 520. The van der Waals surface area contributed by atoms with Gasteiger partial charge in [0.1, 0.15) is 15.6 Å². The molecule has 0 aromatic heterocycles. The first-order valence-electron chi connectivity index (χ1n) is 7.10. The Morgan fingerprint density at radius 2 is 1.80 bits per heavy atom. The van der Waals surface area contributed by atoms with E-state index in [1.54, 1.807) is 0 Å². The first kappa shape index (κ1) is 16.9. The molecule has 0 radical (unpaired) electrons. The van der Waals surface area contributed by atoms with Crippen LogP contribution in [0.4, 0.5) is 0 Å². The van der Waals surface area contributed by atoms with E-state index in [0.717, 1.165) is 12.0 Å². The highest BCUT2D eigenvalue weighted by Crippen LogP contribution is 2.29. The van der Waals surface area contributed by atoms with Crippen LogP contribution in [0.3, 0.4) is 0 Å². The highest BCUT2D eigenvalue weighted by molar-refractivity contribution is 7.90. The van der Waals surface area contributed by atoms with E-state index in [1.807, 2.05) is 30.3 Å². The van der Waals surface area contributed by atoms with Gasteiger partial charge in [-0.3, -0.25) is 4.79 Å². The van der Waals surface area contributed by atoms with Gasteiger partial charge in [-0.2, -0.15) is 0 Å². The maximum Gasteiger partial charge on any atom is 0.147 e. The molecule has 0 saturated heterocycles. The summed E-state index contributed by atoms with van der Waals surface area (Å²) in [5.74, 6) is 0.374. The summed E-state index contributed by atoms with van der Waals surface area (Å²) >= 11 is 0. The molecule has 20 heavy (non-hydrogen) atoms. The Kier molecular flexibility index (Phi) is 6.40. The third-order valence-corrected chi connectivity index (χ3v) is 4.69. The van der Waals surface area contributed by atoms with Crippen molar-refractivity contribution in [3.05, 3.63) is 35.9 Å². The van der Waals surface area contributed by atoms with E-state index in [0.29, 0.717) is 12.8 Å². The lowest BCUT2D eigenvalue weighted by Gasteiger charge is -2.22. The molecule has 0 fully saturated rings. The minimum atomic E-state index is -2.99. The van der Waals surface area contributed by atoms with Gasteiger partial charge in [-0.25, -0.2) is 8.42 Å². The van der Waals surface area contributed by atoms with E-state index >= 15 is 0 Å². The lowest BCUT2D eigenvalue weighted by molar-refractivity contribution is -0.121. The highest BCUT2D eigenvalue weighted by Gasteiger charge is 2.25. The highest BCUT2D eigenvalue weighted by atomic mass is 32.2. The summed E-state index contributed by atoms with van der Waals surface area (Å²) in [6.45, 7) is 4.15. The zero-order chi connectivity index (χ0) is 15.2. The van der Waals surface area contributed by atoms with E-state index in [1.165, 1.54) is 6.26 Å². The van der Waals surface area contributed by atoms with Gasteiger partial charge in [-0.05, 0) is 17.9 Å². The van der Waals surface area contributed by atoms with Crippen LogP contribution < -0.4 is 0 Å². The molecule has 0 heterocycles. The van der Waals surface area contributed by atoms with Crippen LogP contribution >= 0.6 is 0 Å². The number of hydrogen-bond donors (Lipinski definition) is 0. The van der Waals surface area contributed by atoms with E-state index in [2.05, 4.69) is 13.8 Å². The number of carbonyl (C=O) groups excluding carboxylic acids is 1. The topological polar surface area (TPSA) is 51.2 Å². The zero-order valence-corrected chi connectivity index (χ0v) is 13.3. The maximum atomic E-state index is 12.4. The third kappa shape index (κ3) is 5.45. The molecule has 0 bridgehead atoms. The fourth-order valence-electron chi connectivity index (χ4n) is 2.39. The fourth-order valence-corrected chi connectivity index (χ4v) is 3.06. The monoisotopic (exact) mass is 296 g/mol. The molecule has 0 aliphatic heterocycles. The predicted molar refractivity (Wildman–Crippen MR) is 82.6 cm³/mol. The largest absolute Gasteiger partial charge is 0.299 e. The van der Waals surface area contributed by atoms with Crippen molar-refractivity contribution in [3.63, 3.8) is 0 Å². The maximum absolute atomic E-state index is 12.4. The van der Waals surface area contributed by atoms with Gasteiger partial charge in [-0.1, -0.05) is 50.6 Å². The van der Waals surface area contributed by atoms with Gasteiger partial charge in [0.15, 0.2) is 0 Å². The standard InChI is InChI=1S/C16H24O3S/c1-4-13(2)16(14-9-6-5-7-10-14)15(17)11-8-12-20(3,18)19/h5-7,9-10,13,16H,4,8,11-12H2,1-3H3. The van der Waals surface area contributed by atoms with Crippen LogP contribution in [0.5, 0.6) is 0 Å². The molecule has 0 saturated carbocycles. The molecular weight excluding hydrogens is 272 g/mol. The molecule has 4 heteroatoms. The van der Waals surface area contributed by atoms with Crippen LogP contribution in [-0.2, 0) is 14.6 Å². The van der Waals surface area contributed by atoms with Crippen molar-refractivity contribution in [1.29, 1.82) is 0 Å². The Morgan fingerprint density at radius 3 is 2.30 bits per heavy atom. The van der Waals surface area contributed by atoms with E-state index in [4.69, 9.17) is 0 Å². The van der Waals surface area contributed by atoms with Crippen LogP contribution in [0.25, 0.3) is 0 Å². The lowest BCUT2D eigenvalue weighted by Crippen LogP contribution is -2.20. The van der Waals surface area contributed by atoms with Crippen LogP contribution in [0, 0.1) is 5.92 Å². The van der Waals surface area contributed by atoms with Gasteiger partial charge in [0, 0.05) is 18.6 Å². The first-order chi connectivity index (χ1) is 9.35. The van der Waals surface area contributed by atoms with Gasteiger partial charge in [-0.15, -0.1) is 0 Å². The first-order valence-corrected chi connectivity index (χ1v) is 9.16. The molecular formula is C16H24O3S. The van der Waals surface area contributed by atoms with Crippen LogP contribution in [0.1, 0.15) is 44.6 Å². The number of ketones is 1. The van der Waals surface area contributed by atoms with E-state index < -0.39 is 9.84 Å². The van der Waals surface area contributed by atoms with Gasteiger partial charge < -0.3 is 0 Å². The fraction of sp³-hybridized carbons (Fsp3) is 0.562. The van der Waals surface area contributed by atoms with Gasteiger partial charge in [0.25, 0.3) is 0 Å². The summed E-state index contributed by atoms with van der Waals surface area (Å²) in [6.07, 6.45) is 2.88. The molecule has 112 valence electrons. The van der Waals surface area contributed by atoms with E-state index in [9.17, 15) is 13.2 Å². The van der Waals surface area contributed by atoms with Crippen LogP contribution in [-0.4, -0.2) is 26.2 Å². The van der Waals surface area contributed by atoms with Crippen molar-refractivity contribution in [2.24, 2.45) is 5.92 Å². The van der Waals surface area contributed by atoms with E-state index in [-0.39, 0.29) is 23.4 Å². The number of sulfone groups is 1. The predicted octanol–water partition coefficient (Wildman–Crippen LogP) is 3.21. The molecule has 2 unspecified atom stereocenters. The second-order valence-electron chi connectivity index (χ2n) is 5.47. The summed E-state index contributed by atoms with van der Waals surface area (Å²) in [7, 11) is -2.99. The summed E-state index contributed by atoms with van der Waals surface area (Å²) in [4.78, 5) is 12.4. The lowest BCUT2D eigenvalue weighted by atomic mass is 9.81. The molecule has 0 N–H and O–H groups in total. The van der Waals surface area contributed by atoms with Crippen molar-refractivity contribution in [2.75, 3.05) is 12.0 Å². The second-order valence-corrected chi connectivity index (χ2v) is 7.73. The Morgan fingerprint density at radius 1 is 1.20 bits per heavy atom. The Hall–Kier alpha value is -1.16. The minimum absolute atomic E-state index is 0.0841. The normalized spacial score (nSPS) is 14.8. The minimum Gasteiger partial charge on any atom is -0.299 e. The molecule has 2 atom stereocenters. The second kappa shape index (κ2) is 7.58. The van der Waals surface area contributed by atoms with Crippen LogP contribution in [0.15, 0.2) is 30.3 Å². The summed E-state index contributed by atoms with van der Waals surface area (Å²) < 4.78 is 22.3. The average molecular weight is 296 g/mol. The molecule has 0 amide bonds. The van der Waals surface area contributed by atoms with Crippen molar-refractivity contribution < 1.29 is 13.2 Å². The van der Waals surface area contributed by atoms with Gasteiger partial charge in [0.05, 0.1) is 5.75 Å². The smallest absolute Gasteiger partial charge is 0.147 e. The average Bonchev–Trinajstić information content (AvgIpc) is 2.38. The van der Waals surface area contributed by atoms with Crippen LogP contribution in [0.2, 0.25) is 0 Å².